The van der Waals surface area contributed by atoms with Gasteiger partial charge < -0.3 is 9.84 Å². The van der Waals surface area contributed by atoms with Crippen LogP contribution in [-0.4, -0.2) is 16.7 Å². The Morgan fingerprint density at radius 2 is 2.14 bits per heavy atom. The van der Waals surface area contributed by atoms with Crippen LogP contribution in [-0.2, 0) is 6.54 Å². The average Bonchev–Trinajstić information content (AvgIpc) is 2.58. The van der Waals surface area contributed by atoms with Crippen LogP contribution in [0, 0.1) is 6.92 Å². The van der Waals surface area contributed by atoms with E-state index >= 15 is 0 Å². The van der Waals surface area contributed by atoms with Crippen molar-refractivity contribution in [3.05, 3.63) is 11.7 Å². The van der Waals surface area contributed by atoms with Gasteiger partial charge in [0.1, 0.15) is 0 Å². The monoisotopic (exact) mass is 197 g/mol. The predicted octanol–water partition coefficient (Wildman–Crippen LogP) is 2.05. The lowest BCUT2D eigenvalue weighted by Gasteiger charge is -2.00. The van der Waals surface area contributed by atoms with Gasteiger partial charge >= 0.3 is 0 Å². The Bertz CT molecular complexity index is 247. The minimum Gasteiger partial charge on any atom is -0.338 e. The number of hydrogen-bond donors (Lipinski definition) is 1. The molecule has 0 bridgehead atoms. The Labute approximate surface area is 85.1 Å². The van der Waals surface area contributed by atoms with Gasteiger partial charge in [-0.05, 0) is 19.9 Å². The van der Waals surface area contributed by atoms with Gasteiger partial charge in [0.25, 0.3) is 0 Å². The van der Waals surface area contributed by atoms with Gasteiger partial charge in [0, 0.05) is 0 Å². The molecule has 0 aliphatic carbocycles. The molecule has 4 heteroatoms. The van der Waals surface area contributed by atoms with Crippen molar-refractivity contribution in [3.63, 3.8) is 0 Å². The fourth-order valence-electron chi connectivity index (χ4n) is 1.28. The quantitative estimate of drug-likeness (QED) is 0.680. The summed E-state index contributed by atoms with van der Waals surface area (Å²) >= 11 is 0. The van der Waals surface area contributed by atoms with Gasteiger partial charge in [0.05, 0.1) is 6.54 Å². The lowest BCUT2D eigenvalue weighted by Crippen LogP contribution is -2.14. The number of hydrogen-bond acceptors (Lipinski definition) is 4. The highest BCUT2D eigenvalue weighted by molar-refractivity contribution is 4.81. The van der Waals surface area contributed by atoms with Crippen molar-refractivity contribution >= 4 is 0 Å². The Morgan fingerprint density at radius 1 is 1.29 bits per heavy atom. The molecule has 0 amide bonds. The van der Waals surface area contributed by atoms with Crippen LogP contribution in [0.3, 0.4) is 0 Å². The number of aryl methyl sites for hydroxylation is 1. The summed E-state index contributed by atoms with van der Waals surface area (Å²) in [6.45, 7) is 5.76. The fraction of sp³-hybridized carbons (Fsp3) is 0.800. The first kappa shape index (κ1) is 11.2. The molecule has 0 aliphatic heterocycles. The van der Waals surface area contributed by atoms with Gasteiger partial charge in [-0.3, -0.25) is 0 Å². The fourth-order valence-corrected chi connectivity index (χ4v) is 1.28. The van der Waals surface area contributed by atoms with E-state index in [0.717, 1.165) is 6.54 Å². The summed E-state index contributed by atoms with van der Waals surface area (Å²) < 4.78 is 4.97. The van der Waals surface area contributed by atoms with Gasteiger partial charge in [-0.2, -0.15) is 4.98 Å². The highest BCUT2D eigenvalue weighted by atomic mass is 16.5. The summed E-state index contributed by atoms with van der Waals surface area (Å²) in [6, 6.07) is 0. The second-order valence-electron chi connectivity index (χ2n) is 3.47. The van der Waals surface area contributed by atoms with E-state index in [2.05, 4.69) is 22.4 Å². The van der Waals surface area contributed by atoms with Crippen LogP contribution >= 0.6 is 0 Å². The van der Waals surface area contributed by atoms with E-state index < -0.39 is 0 Å². The Kier molecular flexibility index (Phi) is 5.22. The largest absolute Gasteiger partial charge is 0.338 e. The van der Waals surface area contributed by atoms with E-state index in [1.165, 1.54) is 25.7 Å². The maximum Gasteiger partial charge on any atom is 0.240 e. The molecule has 80 valence electrons. The van der Waals surface area contributed by atoms with Crippen LogP contribution in [0.15, 0.2) is 4.52 Å². The van der Waals surface area contributed by atoms with Crippen molar-refractivity contribution in [3.8, 4) is 0 Å². The summed E-state index contributed by atoms with van der Waals surface area (Å²) in [4.78, 5) is 4.10. The summed E-state index contributed by atoms with van der Waals surface area (Å²) in [5.74, 6) is 1.38. The van der Waals surface area contributed by atoms with Crippen LogP contribution in [0.2, 0.25) is 0 Å². The van der Waals surface area contributed by atoms with Crippen LogP contribution in [0.1, 0.15) is 44.3 Å². The molecule has 0 aromatic carbocycles. The molecule has 1 aromatic heterocycles. The molecular weight excluding hydrogens is 178 g/mol. The third kappa shape index (κ3) is 4.37. The topological polar surface area (TPSA) is 51.0 Å². The second-order valence-corrected chi connectivity index (χ2v) is 3.47. The van der Waals surface area contributed by atoms with Gasteiger partial charge in [-0.25, -0.2) is 0 Å². The summed E-state index contributed by atoms with van der Waals surface area (Å²) in [6.07, 6.45) is 5.12. The first-order valence-corrected chi connectivity index (χ1v) is 5.33. The second kappa shape index (κ2) is 6.54. The summed E-state index contributed by atoms with van der Waals surface area (Å²) in [5.41, 5.74) is 0. The van der Waals surface area contributed by atoms with Crippen molar-refractivity contribution in [1.82, 2.24) is 15.5 Å². The molecule has 0 atom stereocenters. The van der Waals surface area contributed by atoms with E-state index in [4.69, 9.17) is 4.52 Å². The third-order valence-corrected chi connectivity index (χ3v) is 2.05. The minimum atomic E-state index is 0.679. The van der Waals surface area contributed by atoms with E-state index in [-0.39, 0.29) is 0 Å². The smallest absolute Gasteiger partial charge is 0.240 e. The molecule has 0 saturated heterocycles. The molecule has 1 aromatic rings. The molecule has 0 saturated carbocycles. The number of nitrogens with zero attached hydrogens (tertiary/aromatic N) is 2. The Hall–Kier alpha value is -0.900. The molecule has 1 N–H and O–H groups in total. The molecule has 0 spiro atoms. The first-order chi connectivity index (χ1) is 6.83. The number of rotatable bonds is 7. The Balaban J connectivity index is 1.99. The average molecular weight is 197 g/mol. The molecule has 1 rings (SSSR count). The van der Waals surface area contributed by atoms with E-state index in [1.807, 2.05) is 6.92 Å². The third-order valence-electron chi connectivity index (χ3n) is 2.05. The number of aromatic nitrogens is 2. The van der Waals surface area contributed by atoms with Crippen LogP contribution in [0.4, 0.5) is 0 Å². The van der Waals surface area contributed by atoms with Crippen LogP contribution in [0.5, 0.6) is 0 Å². The lowest BCUT2D eigenvalue weighted by atomic mass is 10.2. The van der Waals surface area contributed by atoms with Gasteiger partial charge in [0.2, 0.25) is 5.89 Å². The highest BCUT2D eigenvalue weighted by Gasteiger charge is 2.00. The lowest BCUT2D eigenvalue weighted by molar-refractivity contribution is 0.363. The maximum absolute atomic E-state index is 4.97. The van der Waals surface area contributed by atoms with Crippen molar-refractivity contribution in [2.75, 3.05) is 6.54 Å². The molecule has 0 fully saturated rings. The minimum absolute atomic E-state index is 0.679. The van der Waals surface area contributed by atoms with E-state index in [1.54, 1.807) is 0 Å². The van der Waals surface area contributed by atoms with E-state index in [9.17, 15) is 0 Å². The summed E-state index contributed by atoms with van der Waals surface area (Å²) in [5, 5.41) is 7.00. The van der Waals surface area contributed by atoms with E-state index in [0.29, 0.717) is 18.3 Å². The zero-order valence-corrected chi connectivity index (χ0v) is 9.05. The zero-order chi connectivity index (χ0) is 10.2. The van der Waals surface area contributed by atoms with Crippen molar-refractivity contribution < 1.29 is 4.52 Å². The Morgan fingerprint density at radius 3 is 2.79 bits per heavy atom. The standard InChI is InChI=1S/C10H19N3O/c1-3-4-5-6-7-11-8-10-12-9(2)13-14-10/h11H,3-8H2,1-2H3. The van der Waals surface area contributed by atoms with Crippen molar-refractivity contribution in [2.45, 2.75) is 46.1 Å². The molecule has 0 aliphatic rings. The molecule has 14 heavy (non-hydrogen) atoms. The predicted molar refractivity (Wildman–Crippen MR) is 54.9 cm³/mol. The summed E-state index contributed by atoms with van der Waals surface area (Å²) in [7, 11) is 0. The number of nitrogens with one attached hydrogen (secondary N) is 1. The zero-order valence-electron chi connectivity index (χ0n) is 9.05. The number of unbranched alkanes of at least 4 members (excludes halogenated alkanes) is 3. The van der Waals surface area contributed by atoms with Crippen LogP contribution < -0.4 is 5.32 Å². The molecule has 0 radical (unpaired) electrons. The normalized spacial score (nSPS) is 10.7. The SMILES string of the molecule is CCCCCCNCc1nc(C)no1. The molecular formula is C10H19N3O. The van der Waals surface area contributed by atoms with Crippen LogP contribution in [0.25, 0.3) is 0 Å². The molecule has 0 unspecified atom stereocenters. The highest BCUT2D eigenvalue weighted by Crippen LogP contribution is 1.98. The van der Waals surface area contributed by atoms with Gasteiger partial charge in [-0.1, -0.05) is 31.3 Å². The molecule has 1 heterocycles. The van der Waals surface area contributed by atoms with Gasteiger partial charge in [-0.15, -0.1) is 0 Å². The first-order valence-electron chi connectivity index (χ1n) is 5.33. The van der Waals surface area contributed by atoms with Crippen molar-refractivity contribution in [2.24, 2.45) is 0 Å². The molecule has 4 nitrogen and oxygen atoms in total. The van der Waals surface area contributed by atoms with Crippen molar-refractivity contribution in [1.29, 1.82) is 0 Å². The van der Waals surface area contributed by atoms with Gasteiger partial charge in [0.15, 0.2) is 5.82 Å². The maximum atomic E-state index is 4.97.